The van der Waals surface area contributed by atoms with Crippen molar-refractivity contribution in [3.8, 4) is 5.75 Å². The third-order valence-electron chi connectivity index (χ3n) is 3.87. The van der Waals surface area contributed by atoms with E-state index in [0.29, 0.717) is 11.4 Å². The van der Waals surface area contributed by atoms with Gasteiger partial charge in [-0.1, -0.05) is 18.2 Å². The Bertz CT molecular complexity index is 837. The number of methoxy groups -OCH3 is 2. The van der Waals surface area contributed by atoms with Crippen LogP contribution in [-0.4, -0.2) is 32.2 Å². The molecule has 0 aliphatic heterocycles. The minimum Gasteiger partial charge on any atom is -0.497 e. The van der Waals surface area contributed by atoms with Gasteiger partial charge in [0.05, 0.1) is 14.2 Å². The molecular formula is C18H18N2O3. The third kappa shape index (κ3) is 2.61. The molecule has 5 heteroatoms. The molecule has 0 amide bonds. The summed E-state index contributed by atoms with van der Waals surface area (Å²) in [5, 5.41) is 0.842. The number of ether oxygens (including phenoxy) is 2. The van der Waals surface area contributed by atoms with Crippen molar-refractivity contribution in [2.75, 3.05) is 26.2 Å². The van der Waals surface area contributed by atoms with Gasteiger partial charge < -0.3 is 19.4 Å². The highest BCUT2D eigenvalue weighted by Crippen LogP contribution is 2.33. The molecule has 0 radical (unpaired) electrons. The first kappa shape index (κ1) is 15.0. The van der Waals surface area contributed by atoms with Crippen molar-refractivity contribution in [1.29, 1.82) is 0 Å². The number of aromatic amines is 1. The maximum Gasteiger partial charge on any atom is 0.342 e. The quantitative estimate of drug-likeness (QED) is 0.746. The number of rotatable bonds is 4. The van der Waals surface area contributed by atoms with Crippen LogP contribution in [0.3, 0.4) is 0 Å². The number of esters is 1. The molecule has 1 N–H and O–H groups in total. The van der Waals surface area contributed by atoms with Gasteiger partial charge in [0.2, 0.25) is 0 Å². The number of para-hydroxylation sites is 1. The lowest BCUT2D eigenvalue weighted by atomic mass is 10.1. The smallest absolute Gasteiger partial charge is 0.342 e. The maximum atomic E-state index is 12.3. The average Bonchev–Trinajstić information content (AvgIpc) is 3.00. The lowest BCUT2D eigenvalue weighted by Gasteiger charge is -2.19. The molecular weight excluding hydrogens is 292 g/mol. The van der Waals surface area contributed by atoms with E-state index in [9.17, 15) is 4.79 Å². The highest BCUT2D eigenvalue weighted by molar-refractivity contribution is 6.10. The Labute approximate surface area is 134 Å². The second kappa shape index (κ2) is 6.04. The van der Waals surface area contributed by atoms with Gasteiger partial charge in [-0.25, -0.2) is 4.79 Å². The van der Waals surface area contributed by atoms with Gasteiger partial charge in [0.1, 0.15) is 17.1 Å². The van der Waals surface area contributed by atoms with Gasteiger partial charge in [-0.05, 0) is 30.3 Å². The molecule has 1 aromatic heterocycles. The largest absolute Gasteiger partial charge is 0.497 e. The Morgan fingerprint density at radius 3 is 2.39 bits per heavy atom. The lowest BCUT2D eigenvalue weighted by Crippen LogP contribution is -2.14. The van der Waals surface area contributed by atoms with Crippen molar-refractivity contribution in [2.24, 2.45) is 0 Å². The Morgan fingerprint density at radius 1 is 1.04 bits per heavy atom. The molecule has 0 spiro atoms. The minimum absolute atomic E-state index is 0.363. The normalized spacial score (nSPS) is 10.6. The van der Waals surface area contributed by atoms with Gasteiger partial charge >= 0.3 is 5.97 Å². The molecule has 0 saturated carbocycles. The van der Waals surface area contributed by atoms with Crippen LogP contribution in [-0.2, 0) is 4.74 Å². The van der Waals surface area contributed by atoms with E-state index in [1.54, 1.807) is 7.11 Å². The summed E-state index contributed by atoms with van der Waals surface area (Å²) in [4.78, 5) is 17.5. The van der Waals surface area contributed by atoms with Crippen LogP contribution >= 0.6 is 0 Å². The van der Waals surface area contributed by atoms with Gasteiger partial charge in [-0.15, -0.1) is 0 Å². The van der Waals surface area contributed by atoms with Crippen LogP contribution in [0.15, 0.2) is 48.5 Å². The van der Waals surface area contributed by atoms with Crippen LogP contribution in [0.2, 0.25) is 0 Å². The Kier molecular flexibility index (Phi) is 3.93. The molecule has 0 aliphatic carbocycles. The molecule has 3 rings (SSSR count). The molecule has 0 bridgehead atoms. The summed E-state index contributed by atoms with van der Waals surface area (Å²) in [6.07, 6.45) is 0. The SMILES string of the molecule is COC(=O)c1c(N(C)c2ccc(OC)cc2)[nH]c2ccccc12. The number of nitrogens with one attached hydrogen (secondary N) is 1. The maximum absolute atomic E-state index is 12.3. The fourth-order valence-corrected chi connectivity index (χ4v) is 2.62. The van der Waals surface area contributed by atoms with Crippen molar-refractivity contribution in [2.45, 2.75) is 0 Å². The fourth-order valence-electron chi connectivity index (χ4n) is 2.62. The predicted molar refractivity (Wildman–Crippen MR) is 90.7 cm³/mol. The van der Waals surface area contributed by atoms with Crippen LogP contribution in [0, 0.1) is 0 Å². The first-order chi connectivity index (χ1) is 11.2. The van der Waals surface area contributed by atoms with Crippen LogP contribution < -0.4 is 9.64 Å². The Balaban J connectivity index is 2.11. The second-order valence-electron chi connectivity index (χ2n) is 5.14. The molecule has 0 unspecified atom stereocenters. The molecule has 2 aromatic carbocycles. The van der Waals surface area contributed by atoms with E-state index < -0.39 is 0 Å². The van der Waals surface area contributed by atoms with E-state index in [0.717, 1.165) is 22.3 Å². The molecule has 0 fully saturated rings. The number of hydrogen-bond donors (Lipinski definition) is 1. The molecule has 0 atom stereocenters. The zero-order chi connectivity index (χ0) is 16.4. The highest BCUT2D eigenvalue weighted by Gasteiger charge is 2.22. The van der Waals surface area contributed by atoms with E-state index >= 15 is 0 Å². The fraction of sp³-hybridized carbons (Fsp3) is 0.167. The van der Waals surface area contributed by atoms with Crippen molar-refractivity contribution in [3.63, 3.8) is 0 Å². The van der Waals surface area contributed by atoms with Gasteiger partial charge in [-0.2, -0.15) is 0 Å². The lowest BCUT2D eigenvalue weighted by molar-refractivity contribution is 0.0604. The summed E-state index contributed by atoms with van der Waals surface area (Å²) in [6, 6.07) is 15.3. The van der Waals surface area contributed by atoms with E-state index in [4.69, 9.17) is 9.47 Å². The zero-order valence-corrected chi connectivity index (χ0v) is 13.3. The number of H-pyrrole nitrogens is 1. The number of nitrogens with zero attached hydrogens (tertiary/aromatic N) is 1. The second-order valence-corrected chi connectivity index (χ2v) is 5.14. The summed E-state index contributed by atoms with van der Waals surface area (Å²) in [5.74, 6) is 1.12. The van der Waals surface area contributed by atoms with Crippen LogP contribution in [0.1, 0.15) is 10.4 Å². The van der Waals surface area contributed by atoms with E-state index in [1.807, 2.05) is 60.5 Å². The van der Waals surface area contributed by atoms with Crippen molar-refractivity contribution in [3.05, 3.63) is 54.1 Å². The molecule has 23 heavy (non-hydrogen) atoms. The first-order valence-corrected chi connectivity index (χ1v) is 7.22. The number of anilines is 2. The highest BCUT2D eigenvalue weighted by atomic mass is 16.5. The number of fused-ring (bicyclic) bond motifs is 1. The zero-order valence-electron chi connectivity index (χ0n) is 13.3. The molecule has 0 aliphatic rings. The molecule has 118 valence electrons. The third-order valence-corrected chi connectivity index (χ3v) is 3.87. The molecule has 5 nitrogen and oxygen atoms in total. The Hall–Kier alpha value is -2.95. The molecule has 1 heterocycles. The van der Waals surface area contributed by atoms with E-state index in [1.165, 1.54) is 7.11 Å². The standard InChI is InChI=1S/C18H18N2O3/c1-20(12-8-10-13(22-2)11-9-12)17-16(18(21)23-3)14-6-4-5-7-15(14)19-17/h4-11,19H,1-3H3. The van der Waals surface area contributed by atoms with Crippen molar-refractivity contribution < 1.29 is 14.3 Å². The number of benzene rings is 2. The van der Waals surface area contributed by atoms with Gasteiger partial charge in [0.15, 0.2) is 0 Å². The predicted octanol–water partition coefficient (Wildman–Crippen LogP) is 3.73. The number of hydrogen-bond acceptors (Lipinski definition) is 4. The summed E-state index contributed by atoms with van der Waals surface area (Å²) >= 11 is 0. The first-order valence-electron chi connectivity index (χ1n) is 7.22. The number of carbonyl (C=O) groups is 1. The average molecular weight is 310 g/mol. The monoisotopic (exact) mass is 310 g/mol. The van der Waals surface area contributed by atoms with E-state index in [2.05, 4.69) is 4.98 Å². The van der Waals surface area contributed by atoms with Crippen LogP contribution in [0.5, 0.6) is 5.75 Å². The Morgan fingerprint density at radius 2 is 1.74 bits per heavy atom. The van der Waals surface area contributed by atoms with Crippen LogP contribution in [0.25, 0.3) is 10.9 Å². The van der Waals surface area contributed by atoms with Gasteiger partial charge in [-0.3, -0.25) is 0 Å². The minimum atomic E-state index is -0.363. The van der Waals surface area contributed by atoms with Crippen molar-refractivity contribution in [1.82, 2.24) is 4.98 Å². The van der Waals surface area contributed by atoms with Gasteiger partial charge in [0.25, 0.3) is 0 Å². The summed E-state index contributed by atoms with van der Waals surface area (Å²) < 4.78 is 10.1. The van der Waals surface area contributed by atoms with Crippen molar-refractivity contribution >= 4 is 28.4 Å². The van der Waals surface area contributed by atoms with E-state index in [-0.39, 0.29) is 5.97 Å². The summed E-state index contributed by atoms with van der Waals surface area (Å²) in [7, 11) is 4.92. The van der Waals surface area contributed by atoms with Gasteiger partial charge in [0, 0.05) is 23.6 Å². The summed E-state index contributed by atoms with van der Waals surface area (Å²) in [6.45, 7) is 0. The topological polar surface area (TPSA) is 54.6 Å². The summed E-state index contributed by atoms with van der Waals surface area (Å²) in [5.41, 5.74) is 2.35. The molecule has 0 saturated heterocycles. The molecule has 3 aromatic rings. The number of aromatic nitrogens is 1. The van der Waals surface area contributed by atoms with Crippen LogP contribution in [0.4, 0.5) is 11.5 Å². The number of carbonyl (C=O) groups excluding carboxylic acids is 1.